The number of carbonyl (C=O) groups is 1. The van der Waals surface area contributed by atoms with E-state index in [9.17, 15) is 14.4 Å². The van der Waals surface area contributed by atoms with Gasteiger partial charge in [-0.1, -0.05) is 18.2 Å². The number of hydrogen-bond acceptors (Lipinski definition) is 5. The van der Waals surface area contributed by atoms with Crippen LogP contribution in [0, 0.1) is 13.8 Å². The number of Topliss-reactive ketones (excluding diaryl/α,β-unsaturated/α-hetero) is 1. The molecule has 0 amide bonds. The molecule has 0 fully saturated rings. The smallest absolute Gasteiger partial charge is 0.292 e. The van der Waals surface area contributed by atoms with Crippen LogP contribution in [0.25, 0.3) is 11.0 Å². The summed E-state index contributed by atoms with van der Waals surface area (Å²) in [6.45, 7) is 3.72. The van der Waals surface area contributed by atoms with E-state index in [1.54, 1.807) is 42.6 Å². The van der Waals surface area contributed by atoms with Crippen molar-refractivity contribution in [1.82, 2.24) is 19.1 Å². The highest BCUT2D eigenvalue weighted by atomic mass is 16.2. The first-order chi connectivity index (χ1) is 14.5. The molecule has 0 radical (unpaired) electrons. The molecule has 7 nitrogen and oxygen atoms in total. The van der Waals surface area contributed by atoms with Gasteiger partial charge in [0.1, 0.15) is 0 Å². The van der Waals surface area contributed by atoms with Crippen LogP contribution in [0.5, 0.6) is 0 Å². The number of ketones is 1. The average molecular weight is 400 g/mol. The number of benzene rings is 1. The molecular weight excluding hydrogens is 380 g/mol. The molecule has 0 N–H and O–H groups in total. The van der Waals surface area contributed by atoms with E-state index in [-0.39, 0.29) is 24.4 Å². The second kappa shape index (κ2) is 7.87. The number of pyridine rings is 2. The molecule has 0 aliphatic carbocycles. The molecule has 30 heavy (non-hydrogen) atoms. The third-order valence-corrected chi connectivity index (χ3v) is 5.16. The minimum atomic E-state index is -0.566. The van der Waals surface area contributed by atoms with Crippen LogP contribution < -0.4 is 11.2 Å². The Balaban J connectivity index is 1.84. The van der Waals surface area contributed by atoms with Crippen molar-refractivity contribution in [3.63, 3.8) is 0 Å². The zero-order valence-corrected chi connectivity index (χ0v) is 16.7. The maximum atomic E-state index is 13.2. The second-order valence-electron chi connectivity index (χ2n) is 7.17. The van der Waals surface area contributed by atoms with Crippen LogP contribution in [0.2, 0.25) is 0 Å². The molecule has 0 spiro atoms. The molecule has 4 aromatic rings. The Labute approximate surface area is 172 Å². The van der Waals surface area contributed by atoms with E-state index in [0.29, 0.717) is 16.8 Å². The third-order valence-electron chi connectivity index (χ3n) is 5.16. The van der Waals surface area contributed by atoms with Gasteiger partial charge in [0.25, 0.3) is 5.56 Å². The monoisotopic (exact) mass is 400 g/mol. The first-order valence-electron chi connectivity index (χ1n) is 9.54. The van der Waals surface area contributed by atoms with Crippen molar-refractivity contribution in [3.05, 3.63) is 104 Å². The molecule has 0 saturated carbocycles. The average Bonchev–Trinajstić information content (AvgIpc) is 2.76. The molecule has 0 aliphatic heterocycles. The first-order valence-corrected chi connectivity index (χ1v) is 9.54. The quantitative estimate of drug-likeness (QED) is 0.481. The second-order valence-corrected chi connectivity index (χ2v) is 7.17. The predicted molar refractivity (Wildman–Crippen MR) is 114 cm³/mol. The normalized spacial score (nSPS) is 11.0. The van der Waals surface area contributed by atoms with Crippen LogP contribution in [0.4, 0.5) is 0 Å². The Morgan fingerprint density at radius 1 is 0.900 bits per heavy atom. The first kappa shape index (κ1) is 19.4. The highest BCUT2D eigenvalue weighted by molar-refractivity contribution is 5.96. The Morgan fingerprint density at radius 2 is 1.70 bits per heavy atom. The Hall–Kier alpha value is -3.87. The molecule has 0 atom stereocenters. The van der Waals surface area contributed by atoms with Crippen LogP contribution >= 0.6 is 0 Å². The summed E-state index contributed by atoms with van der Waals surface area (Å²) in [4.78, 5) is 47.4. The number of aryl methyl sites for hydroxylation is 2. The summed E-state index contributed by atoms with van der Waals surface area (Å²) in [5.74, 6) is -0.214. The molecule has 150 valence electrons. The van der Waals surface area contributed by atoms with E-state index in [1.807, 2.05) is 26.0 Å². The number of nitrogens with zero attached hydrogens (tertiary/aromatic N) is 4. The zero-order valence-electron chi connectivity index (χ0n) is 16.7. The largest absolute Gasteiger partial charge is 0.332 e. The minimum absolute atomic E-state index is 0.00283. The molecule has 0 unspecified atom stereocenters. The van der Waals surface area contributed by atoms with Crippen LogP contribution in [0.3, 0.4) is 0 Å². The Morgan fingerprint density at radius 3 is 2.43 bits per heavy atom. The summed E-state index contributed by atoms with van der Waals surface area (Å²) in [6, 6.07) is 14.0. The van der Waals surface area contributed by atoms with Gasteiger partial charge in [0, 0.05) is 18.0 Å². The molecule has 3 aromatic heterocycles. The van der Waals surface area contributed by atoms with Gasteiger partial charge in [-0.25, -0.2) is 9.78 Å². The van der Waals surface area contributed by atoms with Crippen LogP contribution in [-0.4, -0.2) is 24.9 Å². The van der Waals surface area contributed by atoms with Gasteiger partial charge in [-0.05, 0) is 55.3 Å². The van der Waals surface area contributed by atoms with Gasteiger partial charge >= 0.3 is 5.69 Å². The van der Waals surface area contributed by atoms with E-state index in [4.69, 9.17) is 0 Å². The fourth-order valence-corrected chi connectivity index (χ4v) is 3.34. The van der Waals surface area contributed by atoms with Crippen molar-refractivity contribution < 1.29 is 4.79 Å². The van der Waals surface area contributed by atoms with E-state index in [0.717, 1.165) is 15.7 Å². The zero-order chi connectivity index (χ0) is 21.3. The topological polar surface area (TPSA) is 86.9 Å². The standard InChI is InChI=1S/C23H20N4O3/c1-15-8-9-17(12-16(15)2)20(28)14-26-19-7-5-11-25-21(19)22(29)27(23(26)30)13-18-6-3-4-10-24-18/h3-12H,13-14H2,1-2H3. The lowest BCUT2D eigenvalue weighted by Crippen LogP contribution is -2.41. The molecule has 3 heterocycles. The van der Waals surface area contributed by atoms with Crippen molar-refractivity contribution in [2.75, 3.05) is 0 Å². The molecule has 0 aliphatic rings. The van der Waals surface area contributed by atoms with Crippen molar-refractivity contribution in [2.45, 2.75) is 26.9 Å². The van der Waals surface area contributed by atoms with Crippen LogP contribution in [0.15, 0.2) is 70.5 Å². The van der Waals surface area contributed by atoms with Gasteiger partial charge in [0.15, 0.2) is 11.3 Å². The van der Waals surface area contributed by atoms with Crippen molar-refractivity contribution in [3.8, 4) is 0 Å². The van der Waals surface area contributed by atoms with Gasteiger partial charge in [-0.2, -0.15) is 0 Å². The van der Waals surface area contributed by atoms with Gasteiger partial charge in [-0.3, -0.25) is 23.7 Å². The highest BCUT2D eigenvalue weighted by Crippen LogP contribution is 2.12. The molecular formula is C23H20N4O3. The SMILES string of the molecule is Cc1ccc(C(=O)Cn2c(=O)n(Cc3ccccn3)c(=O)c3ncccc32)cc1C. The fraction of sp³-hybridized carbons (Fsp3) is 0.174. The Bertz CT molecular complexity index is 1370. The van der Waals surface area contributed by atoms with Gasteiger partial charge in [0.05, 0.1) is 24.3 Å². The molecule has 7 heteroatoms. The van der Waals surface area contributed by atoms with Crippen molar-refractivity contribution in [1.29, 1.82) is 0 Å². The molecule has 1 aromatic carbocycles. The number of carbonyl (C=O) groups excluding carboxylic acids is 1. The van der Waals surface area contributed by atoms with Crippen molar-refractivity contribution >= 4 is 16.8 Å². The summed E-state index contributed by atoms with van der Waals surface area (Å²) in [6.07, 6.45) is 3.09. The predicted octanol–water partition coefficient (Wildman–Crippen LogP) is 2.50. The van der Waals surface area contributed by atoms with E-state index in [1.165, 1.54) is 10.8 Å². The van der Waals surface area contributed by atoms with Crippen LogP contribution in [0.1, 0.15) is 27.2 Å². The van der Waals surface area contributed by atoms with Crippen LogP contribution in [-0.2, 0) is 13.1 Å². The summed E-state index contributed by atoms with van der Waals surface area (Å²) in [7, 11) is 0. The molecule has 4 rings (SSSR count). The maximum absolute atomic E-state index is 13.2. The molecule has 0 saturated heterocycles. The number of aromatic nitrogens is 4. The van der Waals surface area contributed by atoms with Gasteiger partial charge in [0.2, 0.25) is 0 Å². The van der Waals surface area contributed by atoms with E-state index in [2.05, 4.69) is 9.97 Å². The van der Waals surface area contributed by atoms with E-state index >= 15 is 0 Å². The number of hydrogen-bond donors (Lipinski definition) is 0. The Kier molecular flexibility index (Phi) is 5.10. The van der Waals surface area contributed by atoms with Gasteiger partial charge in [-0.15, -0.1) is 0 Å². The highest BCUT2D eigenvalue weighted by Gasteiger charge is 2.17. The fourth-order valence-electron chi connectivity index (χ4n) is 3.34. The lowest BCUT2D eigenvalue weighted by molar-refractivity contribution is 0.0971. The number of fused-ring (bicyclic) bond motifs is 1. The van der Waals surface area contributed by atoms with Gasteiger partial charge < -0.3 is 0 Å². The summed E-state index contributed by atoms with van der Waals surface area (Å²) in [5, 5.41) is 0. The summed E-state index contributed by atoms with van der Waals surface area (Å²) in [5.41, 5.74) is 2.58. The lowest BCUT2D eigenvalue weighted by Gasteiger charge is -2.13. The lowest BCUT2D eigenvalue weighted by atomic mass is 10.0. The minimum Gasteiger partial charge on any atom is -0.292 e. The van der Waals surface area contributed by atoms with Crippen molar-refractivity contribution in [2.24, 2.45) is 0 Å². The summed E-state index contributed by atoms with van der Waals surface area (Å²) >= 11 is 0. The molecule has 0 bridgehead atoms. The summed E-state index contributed by atoms with van der Waals surface area (Å²) < 4.78 is 2.38. The van der Waals surface area contributed by atoms with E-state index < -0.39 is 11.2 Å². The number of rotatable bonds is 5. The third kappa shape index (κ3) is 3.57. The maximum Gasteiger partial charge on any atom is 0.332 e.